The molecule has 134 valence electrons. The molecule has 3 saturated heterocycles. The average Bonchev–Trinajstić information content (AvgIpc) is 2.98. The monoisotopic (exact) mass is 349 g/mol. The van der Waals surface area contributed by atoms with E-state index in [9.17, 15) is 9.59 Å². The van der Waals surface area contributed by atoms with Gasteiger partial charge in [-0.15, -0.1) is 0 Å². The Hall–Kier alpha value is -2.00. The van der Waals surface area contributed by atoms with Gasteiger partial charge in [0.05, 0.1) is 6.61 Å². The van der Waals surface area contributed by atoms with Crippen molar-refractivity contribution in [3.05, 3.63) is 35.9 Å². The van der Waals surface area contributed by atoms with E-state index >= 15 is 0 Å². The first-order valence-electron chi connectivity index (χ1n) is 8.11. The zero-order valence-corrected chi connectivity index (χ0v) is 13.9. The van der Waals surface area contributed by atoms with Gasteiger partial charge in [0, 0.05) is 19.6 Å². The van der Waals surface area contributed by atoms with E-state index in [1.165, 1.54) is 14.0 Å². The Kier molecular flexibility index (Phi) is 4.20. The highest BCUT2D eigenvalue weighted by molar-refractivity contribution is 5.92. The molecular formula is C17H19NO7. The molecule has 0 bridgehead atoms. The van der Waals surface area contributed by atoms with Crippen molar-refractivity contribution >= 4 is 12.0 Å². The summed E-state index contributed by atoms with van der Waals surface area (Å²) in [6.07, 6.45) is -3.76. The lowest BCUT2D eigenvalue weighted by Crippen LogP contribution is -2.63. The molecule has 1 aromatic rings. The van der Waals surface area contributed by atoms with Gasteiger partial charge in [0.25, 0.3) is 0 Å². The van der Waals surface area contributed by atoms with Crippen LogP contribution in [0.1, 0.15) is 18.8 Å². The fraction of sp³-hybridized carbons (Fsp3) is 0.529. The highest BCUT2D eigenvalue weighted by Crippen LogP contribution is 2.39. The number of methoxy groups -OCH3 is 1. The molecule has 3 heterocycles. The second-order valence-electron chi connectivity index (χ2n) is 6.18. The minimum atomic E-state index is -0.790. The average molecular weight is 349 g/mol. The largest absolute Gasteiger partial charge is 0.440 e. The lowest BCUT2D eigenvalue weighted by atomic mass is 9.95. The molecule has 3 fully saturated rings. The van der Waals surface area contributed by atoms with Gasteiger partial charge in [0.1, 0.15) is 18.2 Å². The molecule has 0 radical (unpaired) electrons. The van der Waals surface area contributed by atoms with E-state index in [1.54, 1.807) is 0 Å². The van der Waals surface area contributed by atoms with E-state index in [0.717, 1.165) is 10.5 Å². The minimum absolute atomic E-state index is 0.269. The lowest BCUT2D eigenvalue weighted by Gasteiger charge is -2.46. The van der Waals surface area contributed by atoms with Crippen LogP contribution in [0.5, 0.6) is 0 Å². The van der Waals surface area contributed by atoms with E-state index in [0.29, 0.717) is 0 Å². The molecule has 0 aromatic heterocycles. The highest BCUT2D eigenvalue weighted by atomic mass is 16.8. The molecule has 1 aromatic carbocycles. The highest BCUT2D eigenvalue weighted by Gasteiger charge is 2.60. The number of amides is 2. The summed E-state index contributed by atoms with van der Waals surface area (Å²) in [5.74, 6) is -0.423. The Labute approximate surface area is 144 Å². The number of hydrogen-bond acceptors (Lipinski definition) is 7. The first kappa shape index (κ1) is 16.5. The number of nitrogens with zero attached hydrogens (tertiary/aromatic N) is 1. The molecule has 6 atom stereocenters. The molecule has 0 spiro atoms. The fourth-order valence-corrected chi connectivity index (χ4v) is 3.57. The molecule has 1 unspecified atom stereocenters. The Morgan fingerprint density at radius 2 is 1.96 bits per heavy atom. The number of carbonyl (C=O) groups excluding carboxylic acids is 2. The quantitative estimate of drug-likeness (QED) is 0.793. The van der Waals surface area contributed by atoms with Crippen molar-refractivity contribution in [2.75, 3.05) is 13.7 Å². The lowest BCUT2D eigenvalue weighted by molar-refractivity contribution is -0.337. The van der Waals surface area contributed by atoms with Crippen LogP contribution in [0.25, 0.3) is 0 Å². The van der Waals surface area contributed by atoms with Crippen molar-refractivity contribution in [3.8, 4) is 0 Å². The van der Waals surface area contributed by atoms with Crippen LogP contribution in [0.2, 0.25) is 0 Å². The Morgan fingerprint density at radius 3 is 2.64 bits per heavy atom. The van der Waals surface area contributed by atoms with Crippen molar-refractivity contribution < 1.29 is 33.3 Å². The molecule has 8 heteroatoms. The standard InChI is InChI=1S/C17H19NO7/c1-9(19)18-12-14(25-17(18)20)13-11(23-16(12)21-2)8-22-15(24-13)10-6-4-3-5-7-10/h3-7,11-16H,8H2,1-2H3/t11-,12-,13-,14-,15?,16+/m1/s1. The van der Waals surface area contributed by atoms with E-state index < -0.39 is 48.9 Å². The minimum Gasteiger partial charge on any atom is -0.440 e. The van der Waals surface area contributed by atoms with Crippen LogP contribution in [0.15, 0.2) is 30.3 Å². The van der Waals surface area contributed by atoms with Gasteiger partial charge >= 0.3 is 6.09 Å². The molecule has 8 nitrogen and oxygen atoms in total. The number of hydrogen-bond donors (Lipinski definition) is 0. The molecule has 0 N–H and O–H groups in total. The first-order chi connectivity index (χ1) is 12.1. The predicted molar refractivity (Wildman–Crippen MR) is 82.3 cm³/mol. The van der Waals surface area contributed by atoms with E-state index in [-0.39, 0.29) is 6.61 Å². The maximum absolute atomic E-state index is 12.2. The van der Waals surface area contributed by atoms with Crippen molar-refractivity contribution in [1.29, 1.82) is 0 Å². The number of rotatable bonds is 2. The third-order valence-electron chi connectivity index (χ3n) is 4.68. The number of carbonyl (C=O) groups is 2. The van der Waals surface area contributed by atoms with Crippen molar-refractivity contribution in [3.63, 3.8) is 0 Å². The molecular weight excluding hydrogens is 330 g/mol. The van der Waals surface area contributed by atoms with Crippen LogP contribution in [0.3, 0.4) is 0 Å². The SMILES string of the molecule is CO[C@H]1O[C@@H]2COC(c3ccccc3)O[C@H]2[C@@H]2OC(=O)N(C(C)=O)[C@@H]12. The summed E-state index contributed by atoms with van der Waals surface area (Å²) in [4.78, 5) is 25.1. The molecule has 0 saturated carbocycles. The van der Waals surface area contributed by atoms with Gasteiger partial charge in [-0.05, 0) is 0 Å². The zero-order chi connectivity index (χ0) is 17.6. The molecule has 4 rings (SSSR count). The van der Waals surface area contributed by atoms with Gasteiger partial charge in [-0.2, -0.15) is 0 Å². The van der Waals surface area contributed by atoms with Gasteiger partial charge in [-0.3, -0.25) is 4.79 Å². The van der Waals surface area contributed by atoms with Crippen LogP contribution in [-0.4, -0.2) is 61.3 Å². The van der Waals surface area contributed by atoms with Crippen LogP contribution in [-0.2, 0) is 28.5 Å². The summed E-state index contributed by atoms with van der Waals surface area (Å²) in [7, 11) is 1.46. The maximum Gasteiger partial charge on any atom is 0.417 e. The third-order valence-corrected chi connectivity index (χ3v) is 4.68. The number of ether oxygens (including phenoxy) is 5. The number of benzene rings is 1. The third kappa shape index (κ3) is 2.71. The van der Waals surface area contributed by atoms with Gasteiger partial charge in [-0.25, -0.2) is 9.69 Å². The van der Waals surface area contributed by atoms with Gasteiger partial charge in [-0.1, -0.05) is 30.3 Å². The molecule has 0 aliphatic carbocycles. The summed E-state index contributed by atoms with van der Waals surface area (Å²) in [5, 5.41) is 0. The smallest absolute Gasteiger partial charge is 0.417 e. The van der Waals surface area contributed by atoms with Crippen molar-refractivity contribution in [2.24, 2.45) is 0 Å². The van der Waals surface area contributed by atoms with Crippen molar-refractivity contribution in [1.82, 2.24) is 4.90 Å². The van der Waals surface area contributed by atoms with Crippen LogP contribution >= 0.6 is 0 Å². The predicted octanol–water partition coefficient (Wildman–Crippen LogP) is 1.21. The fourth-order valence-electron chi connectivity index (χ4n) is 3.57. The molecule has 3 aliphatic heterocycles. The van der Waals surface area contributed by atoms with Gasteiger partial charge in [0.2, 0.25) is 5.91 Å². The summed E-state index contributed by atoms with van der Waals surface area (Å²) in [5.41, 5.74) is 0.860. The summed E-state index contributed by atoms with van der Waals surface area (Å²) < 4.78 is 28.4. The van der Waals surface area contributed by atoms with Crippen LogP contribution < -0.4 is 0 Å². The molecule has 3 aliphatic rings. The van der Waals surface area contributed by atoms with Crippen LogP contribution in [0.4, 0.5) is 4.79 Å². The second-order valence-corrected chi connectivity index (χ2v) is 6.18. The zero-order valence-electron chi connectivity index (χ0n) is 13.9. The molecule has 2 amide bonds. The summed E-state index contributed by atoms with van der Waals surface area (Å²) >= 11 is 0. The van der Waals surface area contributed by atoms with E-state index in [4.69, 9.17) is 23.7 Å². The Bertz CT molecular complexity index is 666. The van der Waals surface area contributed by atoms with Gasteiger partial charge in [0.15, 0.2) is 18.7 Å². The van der Waals surface area contributed by atoms with E-state index in [2.05, 4.69) is 0 Å². The Morgan fingerprint density at radius 1 is 1.20 bits per heavy atom. The van der Waals surface area contributed by atoms with E-state index in [1.807, 2.05) is 30.3 Å². The van der Waals surface area contributed by atoms with Gasteiger partial charge < -0.3 is 23.7 Å². The van der Waals surface area contributed by atoms with Crippen molar-refractivity contribution in [2.45, 2.75) is 43.9 Å². The maximum atomic E-state index is 12.2. The topological polar surface area (TPSA) is 83.5 Å². The van der Waals surface area contributed by atoms with Crippen LogP contribution in [0, 0.1) is 0 Å². The summed E-state index contributed by atoms with van der Waals surface area (Å²) in [6, 6.07) is 8.79. The Balaban J connectivity index is 1.61. The second kappa shape index (κ2) is 6.38. The number of imide groups is 1. The normalized spacial score (nSPS) is 37.2. The molecule has 25 heavy (non-hydrogen) atoms. The first-order valence-corrected chi connectivity index (χ1v) is 8.11. The summed E-state index contributed by atoms with van der Waals surface area (Å²) in [6.45, 7) is 1.57. The number of fused-ring (bicyclic) bond motifs is 3.